The second-order valence-electron chi connectivity index (χ2n) is 8.99. The van der Waals surface area contributed by atoms with Crippen LogP contribution in [0.2, 0.25) is 0 Å². The zero-order valence-electron chi connectivity index (χ0n) is 20.6. The van der Waals surface area contributed by atoms with Gasteiger partial charge in [-0.1, -0.05) is 18.2 Å². The summed E-state index contributed by atoms with van der Waals surface area (Å²) in [5.41, 5.74) is 7.46. The number of H-pyrrole nitrogens is 1. The van der Waals surface area contributed by atoms with Crippen LogP contribution in [0.5, 0.6) is 5.75 Å². The Kier molecular flexibility index (Phi) is 8.12. The molecule has 1 aliphatic rings. The third kappa shape index (κ3) is 6.09. The molecule has 1 fully saturated rings. The molecule has 14 heteroatoms. The van der Waals surface area contributed by atoms with E-state index in [2.05, 4.69) is 25.4 Å². The number of rotatable bonds is 10. The highest BCUT2D eigenvalue weighted by atomic mass is 31.2. The molecule has 200 valence electrons. The topological polar surface area (TPSA) is 194 Å². The molecule has 0 unspecified atom stereocenters. The SMILES string of the molecule is CC(C)OC(=O)[C@H](C)N[P@](=O)(OC[C@H]1N[C@@H](c2c[nH]c3c(N)ncnc23)[C@H](O)[C@@H]1O)Oc1ccccc1. The number of fused-ring (bicyclic) bond motifs is 1. The van der Waals surface area contributed by atoms with Crippen LogP contribution in [0.25, 0.3) is 11.0 Å². The standard InChI is InChI=1S/C23H31N6O7P/c1-12(2)35-23(32)13(3)29-37(33,36-14-7-5-4-6-8-14)34-10-16-20(30)21(31)18(28-16)15-9-25-19-17(15)26-11-27-22(19)24/h4-9,11-13,16,18,20-21,25,28,30-31H,10H2,1-3H3,(H,29,33)(H2,24,26,27)/t13-,16+,18-,20+,21-,37-/m0/s1. The number of aliphatic hydroxyl groups excluding tert-OH is 2. The Morgan fingerprint density at radius 2 is 1.92 bits per heavy atom. The highest BCUT2D eigenvalue weighted by Gasteiger charge is 2.44. The molecule has 3 heterocycles. The first-order valence-corrected chi connectivity index (χ1v) is 13.3. The fraction of sp³-hybridized carbons (Fsp3) is 0.435. The molecule has 0 bridgehead atoms. The molecule has 6 atom stereocenters. The number of nitrogens with two attached hydrogens (primary N) is 1. The predicted molar refractivity (Wildman–Crippen MR) is 134 cm³/mol. The summed E-state index contributed by atoms with van der Waals surface area (Å²) in [5.74, 6) is -0.137. The van der Waals surface area contributed by atoms with Gasteiger partial charge in [0, 0.05) is 11.8 Å². The maximum atomic E-state index is 13.7. The summed E-state index contributed by atoms with van der Waals surface area (Å²) in [4.78, 5) is 23.5. The Morgan fingerprint density at radius 3 is 2.62 bits per heavy atom. The first-order valence-electron chi connectivity index (χ1n) is 11.7. The molecule has 0 spiro atoms. The van der Waals surface area contributed by atoms with Gasteiger partial charge < -0.3 is 35.5 Å². The molecule has 0 amide bonds. The minimum absolute atomic E-state index is 0.247. The van der Waals surface area contributed by atoms with Crippen molar-refractivity contribution < 1.29 is 33.4 Å². The van der Waals surface area contributed by atoms with E-state index in [1.807, 2.05) is 0 Å². The lowest BCUT2D eigenvalue weighted by molar-refractivity contribution is -0.149. The van der Waals surface area contributed by atoms with Crippen molar-refractivity contribution >= 4 is 30.6 Å². The van der Waals surface area contributed by atoms with Crippen molar-refractivity contribution in [3.8, 4) is 5.75 Å². The fourth-order valence-corrected chi connectivity index (χ4v) is 5.53. The molecule has 1 saturated heterocycles. The van der Waals surface area contributed by atoms with Crippen LogP contribution in [0.3, 0.4) is 0 Å². The number of ether oxygens (including phenoxy) is 1. The third-order valence-corrected chi connectivity index (χ3v) is 7.45. The van der Waals surface area contributed by atoms with Crippen molar-refractivity contribution in [1.29, 1.82) is 0 Å². The van der Waals surface area contributed by atoms with Gasteiger partial charge in [-0.25, -0.2) is 14.5 Å². The van der Waals surface area contributed by atoms with Crippen LogP contribution in [0.15, 0.2) is 42.9 Å². The van der Waals surface area contributed by atoms with Gasteiger partial charge >= 0.3 is 13.7 Å². The molecule has 0 saturated carbocycles. The zero-order chi connectivity index (χ0) is 26.7. The summed E-state index contributed by atoms with van der Waals surface area (Å²) >= 11 is 0. The number of benzene rings is 1. The molecule has 37 heavy (non-hydrogen) atoms. The van der Waals surface area contributed by atoms with Crippen molar-refractivity contribution in [2.24, 2.45) is 0 Å². The van der Waals surface area contributed by atoms with Gasteiger partial charge in [0.25, 0.3) is 0 Å². The second kappa shape index (κ2) is 11.1. The first kappa shape index (κ1) is 27.0. The average Bonchev–Trinajstić information content (AvgIpc) is 3.40. The van der Waals surface area contributed by atoms with Crippen LogP contribution in [-0.2, 0) is 18.6 Å². The Bertz CT molecular complexity index is 1270. The van der Waals surface area contributed by atoms with Gasteiger partial charge in [-0.15, -0.1) is 0 Å². The fourth-order valence-electron chi connectivity index (χ4n) is 4.01. The van der Waals surface area contributed by atoms with Gasteiger partial charge in [-0.3, -0.25) is 9.32 Å². The minimum atomic E-state index is -4.15. The summed E-state index contributed by atoms with van der Waals surface area (Å²) in [6.07, 6.45) is 0.0588. The van der Waals surface area contributed by atoms with E-state index in [1.165, 1.54) is 13.3 Å². The number of nitrogens with one attached hydrogen (secondary N) is 3. The largest absolute Gasteiger partial charge is 0.462 e. The van der Waals surface area contributed by atoms with E-state index in [0.717, 1.165) is 0 Å². The van der Waals surface area contributed by atoms with Gasteiger partial charge in [0.05, 0.1) is 36.4 Å². The molecule has 13 nitrogen and oxygen atoms in total. The Labute approximate surface area is 213 Å². The maximum Gasteiger partial charge on any atom is 0.459 e. The molecular weight excluding hydrogens is 503 g/mol. The van der Waals surface area contributed by atoms with E-state index in [9.17, 15) is 19.6 Å². The summed E-state index contributed by atoms with van der Waals surface area (Å²) in [7, 11) is -4.15. The lowest BCUT2D eigenvalue weighted by Crippen LogP contribution is -2.40. The van der Waals surface area contributed by atoms with Crippen LogP contribution in [0.1, 0.15) is 32.4 Å². The van der Waals surface area contributed by atoms with Gasteiger partial charge in [-0.05, 0) is 32.9 Å². The minimum Gasteiger partial charge on any atom is -0.462 e. The summed E-state index contributed by atoms with van der Waals surface area (Å²) in [6, 6.07) is 5.73. The number of carbonyl (C=O) groups is 1. The Hall–Kier alpha value is -3.06. The van der Waals surface area contributed by atoms with Crippen LogP contribution < -0.4 is 20.7 Å². The van der Waals surface area contributed by atoms with Crippen LogP contribution >= 0.6 is 7.75 Å². The number of nitrogens with zero attached hydrogens (tertiary/aromatic N) is 2. The second-order valence-corrected chi connectivity index (χ2v) is 10.7. The molecule has 2 aromatic heterocycles. The van der Waals surface area contributed by atoms with E-state index in [1.54, 1.807) is 50.4 Å². The molecule has 0 radical (unpaired) electrons. The van der Waals surface area contributed by atoms with Crippen molar-refractivity contribution in [3.05, 3.63) is 48.4 Å². The van der Waals surface area contributed by atoms with Crippen LogP contribution in [0, 0.1) is 0 Å². The lowest BCUT2D eigenvalue weighted by Gasteiger charge is -2.25. The van der Waals surface area contributed by atoms with Crippen molar-refractivity contribution in [2.45, 2.75) is 57.2 Å². The average molecular weight is 535 g/mol. The van der Waals surface area contributed by atoms with Gasteiger partial charge in [0.2, 0.25) is 0 Å². The quantitative estimate of drug-likeness (QED) is 0.162. The number of para-hydroxylation sites is 1. The van der Waals surface area contributed by atoms with Crippen molar-refractivity contribution in [1.82, 2.24) is 25.4 Å². The molecule has 4 rings (SSSR count). The Morgan fingerprint density at radius 1 is 1.19 bits per heavy atom. The van der Waals surface area contributed by atoms with Crippen molar-refractivity contribution in [3.63, 3.8) is 0 Å². The number of esters is 1. The third-order valence-electron chi connectivity index (χ3n) is 5.80. The monoisotopic (exact) mass is 534 g/mol. The molecule has 1 aromatic carbocycles. The number of carbonyl (C=O) groups excluding carboxylic acids is 1. The number of aliphatic hydroxyl groups is 2. The van der Waals surface area contributed by atoms with Gasteiger partial charge in [0.1, 0.15) is 29.7 Å². The summed E-state index contributed by atoms with van der Waals surface area (Å²) < 4.78 is 30.1. The summed E-state index contributed by atoms with van der Waals surface area (Å²) in [5, 5.41) is 27.2. The van der Waals surface area contributed by atoms with E-state index in [0.29, 0.717) is 16.6 Å². The molecule has 7 N–H and O–H groups in total. The summed E-state index contributed by atoms with van der Waals surface area (Å²) in [6.45, 7) is 4.55. The number of aromatic amines is 1. The Balaban J connectivity index is 1.50. The first-order chi connectivity index (χ1) is 17.6. The van der Waals surface area contributed by atoms with Crippen LogP contribution in [-0.4, -0.2) is 68.1 Å². The highest BCUT2D eigenvalue weighted by molar-refractivity contribution is 7.52. The highest BCUT2D eigenvalue weighted by Crippen LogP contribution is 2.45. The van der Waals surface area contributed by atoms with E-state index >= 15 is 0 Å². The molecule has 0 aliphatic carbocycles. The number of anilines is 1. The molecule has 3 aromatic rings. The number of hydrogen-bond donors (Lipinski definition) is 6. The number of aromatic nitrogens is 3. The molecule has 1 aliphatic heterocycles. The molecular formula is C23H31N6O7P. The zero-order valence-corrected chi connectivity index (χ0v) is 21.5. The van der Waals surface area contributed by atoms with Gasteiger partial charge in [-0.2, -0.15) is 5.09 Å². The van der Waals surface area contributed by atoms with Gasteiger partial charge in [0.15, 0.2) is 5.82 Å². The number of hydrogen-bond acceptors (Lipinski definition) is 11. The lowest BCUT2D eigenvalue weighted by atomic mass is 10.0. The normalized spacial score (nSPS) is 24.2. The maximum absolute atomic E-state index is 13.7. The smallest absolute Gasteiger partial charge is 0.459 e. The van der Waals surface area contributed by atoms with E-state index in [4.69, 9.17) is 19.5 Å². The predicted octanol–water partition coefficient (Wildman–Crippen LogP) is 1.41. The van der Waals surface area contributed by atoms with E-state index in [-0.39, 0.29) is 24.3 Å². The van der Waals surface area contributed by atoms with E-state index < -0.39 is 44.0 Å². The number of nitrogen functional groups attached to an aromatic ring is 1. The van der Waals surface area contributed by atoms with Crippen LogP contribution in [0.4, 0.5) is 5.82 Å². The van der Waals surface area contributed by atoms with Crippen molar-refractivity contribution in [2.75, 3.05) is 12.3 Å².